The van der Waals surface area contributed by atoms with Crippen molar-refractivity contribution in [1.29, 1.82) is 0 Å². The molecule has 1 N–H and O–H groups in total. The zero-order chi connectivity index (χ0) is 18.5. The van der Waals surface area contributed by atoms with Crippen LogP contribution in [0, 0.1) is 5.82 Å². The van der Waals surface area contributed by atoms with Crippen LogP contribution in [-0.2, 0) is 0 Å². The zero-order valence-corrected chi connectivity index (χ0v) is 13.7. The van der Waals surface area contributed by atoms with Gasteiger partial charge in [0.25, 0.3) is 0 Å². The first-order chi connectivity index (χ1) is 12.5. The first-order valence-corrected chi connectivity index (χ1v) is 7.95. The first kappa shape index (κ1) is 17.3. The lowest BCUT2D eigenvalue weighted by molar-refractivity contribution is 0.0696. The van der Waals surface area contributed by atoms with Crippen molar-refractivity contribution in [2.75, 3.05) is 0 Å². The van der Waals surface area contributed by atoms with Crippen molar-refractivity contribution in [3.63, 3.8) is 0 Å². The van der Waals surface area contributed by atoms with E-state index < -0.39 is 5.97 Å². The molecule has 0 bridgehead atoms. The minimum atomic E-state index is -0.999. The molecule has 0 fully saturated rings. The van der Waals surface area contributed by atoms with E-state index in [0.717, 1.165) is 0 Å². The molecule has 128 valence electrons. The van der Waals surface area contributed by atoms with E-state index in [4.69, 9.17) is 5.11 Å². The van der Waals surface area contributed by atoms with Gasteiger partial charge in [-0.3, -0.25) is 4.79 Å². The standard InChI is InChI=1S/C22H15FO3/c23-18-5-3-4-17(14-18)19-6-1-2-7-20(19)21(24)13-10-15-8-11-16(12-9-15)22(25)26/h1-14H,(H,25,26)/b13-10+. The van der Waals surface area contributed by atoms with Crippen molar-refractivity contribution in [3.05, 3.63) is 101 Å². The van der Waals surface area contributed by atoms with Crippen LogP contribution in [0.15, 0.2) is 78.9 Å². The van der Waals surface area contributed by atoms with Crippen molar-refractivity contribution < 1.29 is 19.1 Å². The number of carbonyl (C=O) groups excluding carboxylic acids is 1. The quantitative estimate of drug-likeness (QED) is 0.517. The lowest BCUT2D eigenvalue weighted by Crippen LogP contribution is -1.98. The molecule has 0 atom stereocenters. The minimum absolute atomic E-state index is 0.185. The predicted molar refractivity (Wildman–Crippen MR) is 98.6 cm³/mol. The van der Waals surface area contributed by atoms with Crippen molar-refractivity contribution in [1.82, 2.24) is 0 Å². The van der Waals surface area contributed by atoms with Crippen LogP contribution in [0.25, 0.3) is 17.2 Å². The van der Waals surface area contributed by atoms with Crippen LogP contribution in [0.3, 0.4) is 0 Å². The molecule has 26 heavy (non-hydrogen) atoms. The Morgan fingerprint density at radius 2 is 1.62 bits per heavy atom. The highest BCUT2D eigenvalue weighted by molar-refractivity contribution is 6.11. The molecule has 0 aliphatic rings. The SMILES string of the molecule is O=C(O)c1ccc(/C=C/C(=O)c2ccccc2-c2cccc(F)c2)cc1. The molecule has 0 amide bonds. The van der Waals surface area contributed by atoms with Gasteiger partial charge in [0, 0.05) is 5.56 Å². The summed E-state index contributed by atoms with van der Waals surface area (Å²) in [7, 11) is 0. The van der Waals surface area contributed by atoms with E-state index in [1.165, 1.54) is 30.3 Å². The van der Waals surface area contributed by atoms with Gasteiger partial charge in [-0.1, -0.05) is 54.6 Å². The van der Waals surface area contributed by atoms with Crippen LogP contribution in [0.2, 0.25) is 0 Å². The number of allylic oxidation sites excluding steroid dienone is 1. The van der Waals surface area contributed by atoms with Crippen LogP contribution < -0.4 is 0 Å². The Balaban J connectivity index is 1.87. The minimum Gasteiger partial charge on any atom is -0.478 e. The number of benzene rings is 3. The van der Waals surface area contributed by atoms with Crippen LogP contribution in [0.4, 0.5) is 4.39 Å². The summed E-state index contributed by atoms with van der Waals surface area (Å²) in [5, 5.41) is 8.90. The lowest BCUT2D eigenvalue weighted by Gasteiger charge is -2.07. The molecular weight excluding hydrogens is 331 g/mol. The summed E-state index contributed by atoms with van der Waals surface area (Å²) in [6.07, 6.45) is 3.05. The van der Waals surface area contributed by atoms with Gasteiger partial charge in [-0.25, -0.2) is 9.18 Å². The monoisotopic (exact) mass is 346 g/mol. The van der Waals surface area contributed by atoms with Crippen LogP contribution >= 0.6 is 0 Å². The van der Waals surface area contributed by atoms with E-state index in [0.29, 0.717) is 22.3 Å². The summed E-state index contributed by atoms with van der Waals surface area (Å²) in [6.45, 7) is 0. The molecule has 3 rings (SSSR count). The van der Waals surface area contributed by atoms with E-state index in [-0.39, 0.29) is 17.2 Å². The summed E-state index contributed by atoms with van der Waals surface area (Å²) in [5.74, 6) is -1.58. The van der Waals surface area contributed by atoms with Crippen LogP contribution in [-0.4, -0.2) is 16.9 Å². The Morgan fingerprint density at radius 3 is 2.31 bits per heavy atom. The third-order valence-electron chi connectivity index (χ3n) is 3.91. The Morgan fingerprint density at radius 1 is 0.885 bits per heavy atom. The number of carboxylic acids is 1. The molecule has 0 aliphatic carbocycles. The van der Waals surface area contributed by atoms with Crippen molar-refractivity contribution >= 4 is 17.8 Å². The lowest BCUT2D eigenvalue weighted by atomic mass is 9.96. The second kappa shape index (κ2) is 7.57. The van der Waals surface area contributed by atoms with Gasteiger partial charge in [-0.15, -0.1) is 0 Å². The average Bonchev–Trinajstić information content (AvgIpc) is 2.66. The molecule has 0 heterocycles. The summed E-state index contributed by atoms with van der Waals surface area (Å²) < 4.78 is 13.5. The second-order valence-corrected chi connectivity index (χ2v) is 5.68. The zero-order valence-electron chi connectivity index (χ0n) is 13.7. The largest absolute Gasteiger partial charge is 0.478 e. The number of carboxylic acid groups (broad SMARTS) is 1. The van der Waals surface area contributed by atoms with Gasteiger partial charge in [0.2, 0.25) is 0 Å². The highest BCUT2D eigenvalue weighted by Crippen LogP contribution is 2.25. The van der Waals surface area contributed by atoms with E-state index in [9.17, 15) is 14.0 Å². The molecule has 0 saturated carbocycles. The number of ketones is 1. The Bertz CT molecular complexity index is 988. The second-order valence-electron chi connectivity index (χ2n) is 5.68. The van der Waals surface area contributed by atoms with E-state index in [2.05, 4.69) is 0 Å². The van der Waals surface area contributed by atoms with Gasteiger partial charge in [0.15, 0.2) is 5.78 Å². The Hall–Kier alpha value is -3.53. The molecule has 0 spiro atoms. The highest BCUT2D eigenvalue weighted by atomic mass is 19.1. The van der Waals surface area contributed by atoms with Gasteiger partial charge < -0.3 is 5.11 Å². The summed E-state index contributed by atoms with van der Waals surface area (Å²) in [6, 6.07) is 19.3. The summed E-state index contributed by atoms with van der Waals surface area (Å²) >= 11 is 0. The normalized spacial score (nSPS) is 10.8. The van der Waals surface area contributed by atoms with Crippen molar-refractivity contribution in [3.8, 4) is 11.1 Å². The average molecular weight is 346 g/mol. The van der Waals surface area contributed by atoms with Gasteiger partial charge in [0.1, 0.15) is 5.82 Å². The molecule has 4 heteroatoms. The third-order valence-corrected chi connectivity index (χ3v) is 3.91. The number of hydrogen-bond acceptors (Lipinski definition) is 2. The highest BCUT2D eigenvalue weighted by Gasteiger charge is 2.10. The fraction of sp³-hybridized carbons (Fsp3) is 0. The summed E-state index contributed by atoms with van der Waals surface area (Å²) in [5.41, 5.74) is 2.66. The first-order valence-electron chi connectivity index (χ1n) is 7.95. The molecule has 0 radical (unpaired) electrons. The molecular formula is C22H15FO3. The van der Waals surface area contributed by atoms with Crippen molar-refractivity contribution in [2.45, 2.75) is 0 Å². The van der Waals surface area contributed by atoms with E-state index in [1.54, 1.807) is 54.6 Å². The van der Waals surface area contributed by atoms with Gasteiger partial charge in [-0.05, 0) is 47.0 Å². The molecule has 0 saturated heterocycles. The Kier molecular flexibility index (Phi) is 5.04. The van der Waals surface area contributed by atoms with Crippen LogP contribution in [0.1, 0.15) is 26.3 Å². The summed E-state index contributed by atoms with van der Waals surface area (Å²) in [4.78, 5) is 23.5. The predicted octanol–water partition coefficient (Wildman–Crippen LogP) is 5.09. The molecule has 0 unspecified atom stereocenters. The van der Waals surface area contributed by atoms with Crippen molar-refractivity contribution in [2.24, 2.45) is 0 Å². The van der Waals surface area contributed by atoms with Gasteiger partial charge in [-0.2, -0.15) is 0 Å². The number of rotatable bonds is 5. The molecule has 3 aromatic rings. The number of halogens is 1. The van der Waals surface area contributed by atoms with E-state index in [1.807, 2.05) is 0 Å². The smallest absolute Gasteiger partial charge is 0.335 e. The Labute approximate surface area is 150 Å². The number of carbonyl (C=O) groups is 2. The maximum Gasteiger partial charge on any atom is 0.335 e. The van der Waals surface area contributed by atoms with Crippen LogP contribution in [0.5, 0.6) is 0 Å². The third kappa shape index (κ3) is 3.92. The van der Waals surface area contributed by atoms with Gasteiger partial charge >= 0.3 is 5.97 Å². The maximum atomic E-state index is 13.5. The number of aromatic carboxylic acids is 1. The van der Waals surface area contributed by atoms with E-state index >= 15 is 0 Å². The molecule has 3 nitrogen and oxygen atoms in total. The fourth-order valence-corrected chi connectivity index (χ4v) is 2.60. The van der Waals surface area contributed by atoms with Gasteiger partial charge in [0.05, 0.1) is 5.56 Å². The fourth-order valence-electron chi connectivity index (χ4n) is 2.60. The molecule has 0 aromatic heterocycles. The maximum absolute atomic E-state index is 13.5. The number of hydrogen-bond donors (Lipinski definition) is 1. The molecule has 3 aromatic carbocycles. The molecule has 0 aliphatic heterocycles. The topological polar surface area (TPSA) is 54.4 Å².